The molecule has 1 amide bonds. The van der Waals surface area contributed by atoms with Gasteiger partial charge in [-0.2, -0.15) is 5.10 Å². The number of likely N-dealkylation sites (tertiary alicyclic amines) is 1. The Morgan fingerprint density at radius 3 is 2.26 bits per heavy atom. The van der Waals surface area contributed by atoms with Crippen molar-refractivity contribution in [3.05, 3.63) is 94.3 Å². The van der Waals surface area contributed by atoms with E-state index in [1.165, 1.54) is 22.9 Å². The number of aromatic carboxylic acids is 1. The van der Waals surface area contributed by atoms with Crippen LogP contribution in [0.4, 0.5) is 9.59 Å². The Morgan fingerprint density at radius 2 is 1.64 bits per heavy atom. The summed E-state index contributed by atoms with van der Waals surface area (Å²) in [6.45, 7) is 12.7. The van der Waals surface area contributed by atoms with E-state index in [4.69, 9.17) is 26.1 Å². The van der Waals surface area contributed by atoms with Gasteiger partial charge in [0.05, 0.1) is 29.8 Å². The summed E-state index contributed by atoms with van der Waals surface area (Å²) in [7, 11) is 0. The van der Waals surface area contributed by atoms with E-state index in [9.17, 15) is 19.5 Å². The number of piperidine rings is 1. The Labute approximate surface area is 316 Å². The number of carbonyl (C=O) groups is 3. The van der Waals surface area contributed by atoms with Crippen LogP contribution >= 0.6 is 11.6 Å². The first-order valence-electron chi connectivity index (χ1n) is 18.4. The summed E-state index contributed by atoms with van der Waals surface area (Å²) in [4.78, 5) is 40.7. The van der Waals surface area contributed by atoms with Crippen LogP contribution in [-0.4, -0.2) is 67.6 Å². The highest BCUT2D eigenvalue weighted by Crippen LogP contribution is 2.42. The monoisotopic (exact) mass is 744 g/mol. The Bertz CT molecular complexity index is 1920. The molecule has 1 aliphatic carbocycles. The number of carboxylic acids is 1. The molecule has 0 saturated carbocycles. The van der Waals surface area contributed by atoms with Crippen molar-refractivity contribution in [2.75, 3.05) is 13.1 Å². The summed E-state index contributed by atoms with van der Waals surface area (Å²) >= 11 is 4.81. The lowest BCUT2D eigenvalue weighted by molar-refractivity contribution is 0.0683. The lowest BCUT2D eigenvalue weighted by Gasteiger charge is -2.33. The molecule has 0 bridgehead atoms. The smallest absolute Gasteiger partial charge is 0.410 e. The van der Waals surface area contributed by atoms with Crippen LogP contribution in [0.5, 0.6) is 5.75 Å². The van der Waals surface area contributed by atoms with Crippen LogP contribution in [0.1, 0.15) is 111 Å². The maximum Gasteiger partial charge on any atom is 0.410 e. The lowest BCUT2D eigenvalue weighted by atomic mass is 9.86. The molecule has 2 aliphatic rings. The minimum absolute atomic E-state index is 0.106. The number of pyridine rings is 1. The zero-order valence-corrected chi connectivity index (χ0v) is 32.1. The normalized spacial score (nSPS) is 15.5. The van der Waals surface area contributed by atoms with Crippen LogP contribution in [0.3, 0.4) is 0 Å². The largest absolute Gasteiger partial charge is 0.486 e. The SMILES string of the molecule is CC(C)OC(=O)Cl.CCc1cc(OC2CCc3cccc(-c4cccc(-n5ncc(C(=O)O)c5CC)n4)c32)ccc1C1CCN(C(=O)OC(C)C)CC1. The Morgan fingerprint density at radius 1 is 0.925 bits per heavy atom. The van der Waals surface area contributed by atoms with Crippen LogP contribution in [0, 0.1) is 0 Å². The molecule has 11 nitrogen and oxygen atoms in total. The number of amides is 1. The molecular weight excluding hydrogens is 696 g/mol. The topological polar surface area (TPSA) is 133 Å². The van der Waals surface area contributed by atoms with Gasteiger partial charge in [-0.15, -0.1) is 0 Å². The first kappa shape index (κ1) is 39.3. The van der Waals surface area contributed by atoms with Crippen LogP contribution in [0.2, 0.25) is 0 Å². The van der Waals surface area contributed by atoms with Gasteiger partial charge < -0.3 is 24.2 Å². The highest BCUT2D eigenvalue weighted by atomic mass is 35.5. The number of carbonyl (C=O) groups excluding carboxylic acids is 2. The number of nitrogens with zero attached hydrogens (tertiary/aromatic N) is 4. The Hall–Kier alpha value is -4.90. The fourth-order valence-electron chi connectivity index (χ4n) is 7.12. The average molecular weight is 745 g/mol. The van der Waals surface area contributed by atoms with Gasteiger partial charge in [-0.25, -0.2) is 24.0 Å². The second kappa shape index (κ2) is 17.7. The number of benzene rings is 2. The van der Waals surface area contributed by atoms with Gasteiger partial charge in [-0.3, -0.25) is 0 Å². The fraction of sp³-hybridized carbons (Fsp3) is 0.439. The summed E-state index contributed by atoms with van der Waals surface area (Å²) in [5, 5.41) is 14.0. The molecule has 0 spiro atoms. The number of ether oxygens (including phenoxy) is 3. The minimum atomic E-state index is -0.992. The molecule has 53 heavy (non-hydrogen) atoms. The van der Waals surface area contributed by atoms with Gasteiger partial charge in [0.1, 0.15) is 17.4 Å². The van der Waals surface area contributed by atoms with E-state index in [0.717, 1.165) is 54.7 Å². The molecule has 1 fully saturated rings. The quantitative estimate of drug-likeness (QED) is 0.158. The van der Waals surface area contributed by atoms with Crippen molar-refractivity contribution in [1.82, 2.24) is 19.7 Å². The zero-order chi connectivity index (χ0) is 38.2. The van der Waals surface area contributed by atoms with Crippen molar-refractivity contribution in [2.45, 2.75) is 104 Å². The molecule has 6 rings (SSSR count). The molecule has 2 aromatic carbocycles. The molecule has 282 valence electrons. The summed E-state index contributed by atoms with van der Waals surface area (Å²) in [6.07, 6.45) is 5.90. The van der Waals surface area contributed by atoms with Gasteiger partial charge in [0, 0.05) is 35.8 Å². The van der Waals surface area contributed by atoms with Crippen molar-refractivity contribution in [2.24, 2.45) is 0 Å². The third-order valence-electron chi connectivity index (χ3n) is 9.49. The number of hydrogen-bond donors (Lipinski definition) is 1. The second-order valence-electron chi connectivity index (χ2n) is 13.8. The van der Waals surface area contributed by atoms with Crippen molar-refractivity contribution in [3.63, 3.8) is 0 Å². The summed E-state index contributed by atoms with van der Waals surface area (Å²) in [5.74, 6) is 0.853. The second-order valence-corrected chi connectivity index (χ2v) is 14.1. The first-order valence-corrected chi connectivity index (χ1v) is 18.8. The van der Waals surface area contributed by atoms with Crippen LogP contribution in [-0.2, 0) is 28.7 Å². The summed E-state index contributed by atoms with van der Waals surface area (Å²) in [6, 6.07) is 18.6. The van der Waals surface area contributed by atoms with Crippen LogP contribution in [0.15, 0.2) is 60.8 Å². The molecule has 1 aliphatic heterocycles. The van der Waals surface area contributed by atoms with Gasteiger partial charge in [-0.1, -0.05) is 44.2 Å². The highest BCUT2D eigenvalue weighted by molar-refractivity contribution is 6.61. The number of hydrogen-bond acceptors (Lipinski definition) is 8. The molecule has 1 saturated heterocycles. The number of aromatic nitrogens is 3. The Balaban J connectivity index is 0.000000705. The number of halogens is 1. The minimum Gasteiger partial charge on any atom is -0.486 e. The van der Waals surface area contributed by atoms with Crippen LogP contribution < -0.4 is 4.74 Å². The third kappa shape index (κ3) is 9.56. The molecule has 1 N–H and O–H groups in total. The fourth-order valence-corrected chi connectivity index (χ4v) is 7.30. The van der Waals surface area contributed by atoms with Gasteiger partial charge in [-0.05, 0) is 113 Å². The standard InChI is InChI=1S/C37H42N4O5.C4H7ClO2/c1-5-24-21-27(14-15-28(24)25-17-19-40(20-18-25)37(44)45-23(3)4)46-33-16-13-26-9-7-10-29(35(26)33)31-11-8-12-34(39-31)41-32(6-2)30(22-38-41)36(42)43;1-3(2)7-4(5)6/h7-12,14-15,21-23,25,33H,5-6,13,16-20H2,1-4H3,(H,42,43);3H,1-2H3. The number of fused-ring (bicyclic) bond motifs is 1. The van der Waals surface area contributed by atoms with Gasteiger partial charge >= 0.3 is 17.5 Å². The van der Waals surface area contributed by atoms with E-state index >= 15 is 0 Å². The number of carboxylic acid groups (broad SMARTS) is 1. The first-order chi connectivity index (χ1) is 25.4. The van der Waals surface area contributed by atoms with Crippen molar-refractivity contribution >= 4 is 29.1 Å². The van der Waals surface area contributed by atoms with Crippen molar-refractivity contribution in [1.29, 1.82) is 0 Å². The summed E-state index contributed by atoms with van der Waals surface area (Å²) < 4.78 is 18.1. The zero-order valence-electron chi connectivity index (χ0n) is 31.3. The van der Waals surface area contributed by atoms with Crippen LogP contribution in [0.25, 0.3) is 17.1 Å². The molecule has 4 aromatic rings. The number of aryl methyl sites for hydroxylation is 2. The third-order valence-corrected chi connectivity index (χ3v) is 9.58. The molecule has 2 aromatic heterocycles. The van der Waals surface area contributed by atoms with Gasteiger partial charge in [0.15, 0.2) is 5.82 Å². The maximum atomic E-state index is 12.4. The van der Waals surface area contributed by atoms with Crippen molar-refractivity contribution < 1.29 is 33.7 Å². The molecule has 1 atom stereocenters. The van der Waals surface area contributed by atoms with Crippen molar-refractivity contribution in [3.8, 4) is 22.8 Å². The molecule has 0 radical (unpaired) electrons. The number of rotatable bonds is 10. The maximum absolute atomic E-state index is 12.4. The van der Waals surface area contributed by atoms with E-state index in [2.05, 4.69) is 53.2 Å². The average Bonchev–Trinajstić information content (AvgIpc) is 3.76. The van der Waals surface area contributed by atoms with E-state index in [1.54, 1.807) is 18.5 Å². The molecule has 12 heteroatoms. The molecular formula is C41H49ClN4O7. The molecule has 3 heterocycles. The highest BCUT2D eigenvalue weighted by Gasteiger charge is 2.30. The van der Waals surface area contributed by atoms with E-state index < -0.39 is 11.4 Å². The molecule has 1 unspecified atom stereocenters. The van der Waals surface area contributed by atoms with Gasteiger partial charge in [0.2, 0.25) is 0 Å². The predicted octanol–water partition coefficient (Wildman–Crippen LogP) is 9.32. The van der Waals surface area contributed by atoms with E-state index in [-0.39, 0.29) is 30.0 Å². The summed E-state index contributed by atoms with van der Waals surface area (Å²) in [5.41, 5.74) is 6.92. The Kier molecular flexibility index (Phi) is 13.2. The van der Waals surface area contributed by atoms with E-state index in [0.29, 0.717) is 36.9 Å². The predicted molar refractivity (Wildman–Crippen MR) is 203 cm³/mol. The van der Waals surface area contributed by atoms with E-state index in [1.807, 2.05) is 43.9 Å². The van der Waals surface area contributed by atoms with Gasteiger partial charge in [0.25, 0.3) is 0 Å². The lowest BCUT2D eigenvalue weighted by Crippen LogP contribution is -2.39.